The van der Waals surface area contributed by atoms with Crippen molar-refractivity contribution in [2.75, 3.05) is 13.2 Å². The average molecular weight is 174 g/mol. The molecule has 3 heteroatoms. The van der Waals surface area contributed by atoms with E-state index in [0.717, 1.165) is 0 Å². The van der Waals surface area contributed by atoms with Crippen LogP contribution in [0.15, 0.2) is 12.2 Å². The highest BCUT2D eigenvalue weighted by atomic mass is 16.3. The van der Waals surface area contributed by atoms with Gasteiger partial charge in [0.2, 0.25) is 0 Å². The first-order valence-corrected chi connectivity index (χ1v) is 4.36. The number of hydrogen-bond acceptors (Lipinski definition) is 3. The van der Waals surface area contributed by atoms with Crippen LogP contribution < -0.4 is 0 Å². The van der Waals surface area contributed by atoms with E-state index in [-0.39, 0.29) is 13.2 Å². The summed E-state index contributed by atoms with van der Waals surface area (Å²) in [5, 5.41) is 24.0. The number of allylic oxidation sites excluding steroid dienone is 2. The van der Waals surface area contributed by atoms with Crippen LogP contribution in [0.3, 0.4) is 0 Å². The molecule has 72 valence electrons. The molecule has 1 rings (SSSR count). The quantitative estimate of drug-likeness (QED) is 0.533. The molecule has 0 aromatic heterocycles. The third kappa shape index (κ3) is 7.72. The molecule has 0 spiro atoms. The minimum absolute atomic E-state index is 0.365. The van der Waals surface area contributed by atoms with Crippen molar-refractivity contribution in [1.29, 1.82) is 0 Å². The van der Waals surface area contributed by atoms with Crippen molar-refractivity contribution in [3.63, 3.8) is 0 Å². The fraction of sp³-hybridized carbons (Fsp3) is 0.778. The number of hydrogen-bond donors (Lipinski definition) is 3. The lowest BCUT2D eigenvalue weighted by Gasteiger charge is -1.97. The first kappa shape index (κ1) is 11.6. The second-order valence-electron chi connectivity index (χ2n) is 2.77. The van der Waals surface area contributed by atoms with Crippen LogP contribution in [0.4, 0.5) is 0 Å². The van der Waals surface area contributed by atoms with Crippen molar-refractivity contribution in [2.45, 2.75) is 31.8 Å². The summed E-state index contributed by atoms with van der Waals surface area (Å²) < 4.78 is 0. The number of rotatable bonds is 2. The van der Waals surface area contributed by atoms with Gasteiger partial charge in [0, 0.05) is 0 Å². The average Bonchev–Trinajstić information content (AvgIpc) is 2.20. The van der Waals surface area contributed by atoms with Crippen molar-refractivity contribution in [3.05, 3.63) is 12.2 Å². The van der Waals surface area contributed by atoms with Crippen LogP contribution in [0.2, 0.25) is 0 Å². The normalized spacial score (nSPS) is 15.7. The Morgan fingerprint density at radius 1 is 1.00 bits per heavy atom. The van der Waals surface area contributed by atoms with Gasteiger partial charge in [-0.15, -0.1) is 0 Å². The van der Waals surface area contributed by atoms with Gasteiger partial charge in [-0.25, -0.2) is 0 Å². The summed E-state index contributed by atoms with van der Waals surface area (Å²) >= 11 is 0. The highest BCUT2D eigenvalue weighted by Gasteiger charge is 1.93. The van der Waals surface area contributed by atoms with E-state index in [1.165, 1.54) is 25.7 Å². The zero-order valence-electron chi connectivity index (χ0n) is 7.32. The maximum absolute atomic E-state index is 8.17. The Morgan fingerprint density at radius 2 is 1.42 bits per heavy atom. The number of aliphatic hydroxyl groups is 3. The highest BCUT2D eigenvalue weighted by molar-refractivity contribution is 4.85. The standard InChI is InChI=1S/C6H10.C3H8O3/c1-2-4-6-5-3-1;4-1-3(6)2-5/h1-2H,3-6H2;3-6H,1-2H2. The maximum Gasteiger partial charge on any atom is 0.100 e. The fourth-order valence-electron chi connectivity index (χ4n) is 0.818. The van der Waals surface area contributed by atoms with Gasteiger partial charge in [0.05, 0.1) is 13.2 Å². The zero-order valence-corrected chi connectivity index (χ0v) is 7.32. The van der Waals surface area contributed by atoms with E-state index in [2.05, 4.69) is 12.2 Å². The summed E-state index contributed by atoms with van der Waals surface area (Å²) in [5.74, 6) is 0. The minimum Gasteiger partial charge on any atom is -0.394 e. The van der Waals surface area contributed by atoms with Crippen molar-refractivity contribution < 1.29 is 15.3 Å². The Labute approximate surface area is 73.4 Å². The predicted octanol–water partition coefficient (Wildman–Crippen LogP) is 0.448. The largest absolute Gasteiger partial charge is 0.394 e. The Hall–Kier alpha value is -0.380. The molecule has 0 atom stereocenters. The fourth-order valence-corrected chi connectivity index (χ4v) is 0.818. The van der Waals surface area contributed by atoms with E-state index in [1.807, 2.05) is 0 Å². The molecule has 0 saturated carbocycles. The van der Waals surface area contributed by atoms with Crippen molar-refractivity contribution in [2.24, 2.45) is 0 Å². The molecule has 0 amide bonds. The highest BCUT2D eigenvalue weighted by Crippen LogP contribution is 2.07. The monoisotopic (exact) mass is 174 g/mol. The van der Waals surface area contributed by atoms with E-state index in [9.17, 15) is 0 Å². The molecular weight excluding hydrogens is 156 g/mol. The molecule has 12 heavy (non-hydrogen) atoms. The van der Waals surface area contributed by atoms with Crippen molar-refractivity contribution >= 4 is 0 Å². The molecule has 0 saturated heterocycles. The summed E-state index contributed by atoms with van der Waals surface area (Å²) in [4.78, 5) is 0. The minimum atomic E-state index is -0.954. The Morgan fingerprint density at radius 3 is 1.50 bits per heavy atom. The van der Waals surface area contributed by atoms with Crippen LogP contribution in [0.25, 0.3) is 0 Å². The lowest BCUT2D eigenvalue weighted by Crippen LogP contribution is -2.15. The predicted molar refractivity (Wildman–Crippen MR) is 47.8 cm³/mol. The molecule has 1 aliphatic carbocycles. The summed E-state index contributed by atoms with van der Waals surface area (Å²) in [6.45, 7) is -0.729. The lowest BCUT2D eigenvalue weighted by molar-refractivity contribution is 0.0450. The summed E-state index contributed by atoms with van der Waals surface area (Å²) in [7, 11) is 0. The van der Waals surface area contributed by atoms with Crippen LogP contribution in [-0.2, 0) is 0 Å². The van der Waals surface area contributed by atoms with E-state index < -0.39 is 6.10 Å². The molecule has 1 aliphatic rings. The molecule has 3 nitrogen and oxygen atoms in total. The third-order valence-electron chi connectivity index (χ3n) is 1.58. The molecule has 0 fully saturated rings. The summed E-state index contributed by atoms with van der Waals surface area (Å²) in [5.41, 5.74) is 0. The molecule has 0 aromatic rings. The van der Waals surface area contributed by atoms with Gasteiger partial charge in [0.15, 0.2) is 0 Å². The van der Waals surface area contributed by atoms with E-state index >= 15 is 0 Å². The summed E-state index contributed by atoms with van der Waals surface area (Å²) in [6.07, 6.45) is 9.05. The molecule has 0 bridgehead atoms. The maximum atomic E-state index is 8.17. The first-order chi connectivity index (χ1) is 5.81. The third-order valence-corrected chi connectivity index (χ3v) is 1.58. The lowest BCUT2D eigenvalue weighted by atomic mass is 10.1. The van der Waals surface area contributed by atoms with E-state index in [0.29, 0.717) is 0 Å². The molecular formula is C9H18O3. The van der Waals surface area contributed by atoms with Gasteiger partial charge < -0.3 is 15.3 Å². The topological polar surface area (TPSA) is 60.7 Å². The number of aliphatic hydroxyl groups excluding tert-OH is 3. The zero-order chi connectivity index (χ0) is 9.23. The summed E-state index contributed by atoms with van der Waals surface area (Å²) in [6, 6.07) is 0. The molecule has 0 heterocycles. The van der Waals surface area contributed by atoms with Gasteiger partial charge in [-0.05, 0) is 25.7 Å². The van der Waals surface area contributed by atoms with Gasteiger partial charge in [-0.2, -0.15) is 0 Å². The van der Waals surface area contributed by atoms with Gasteiger partial charge in [-0.1, -0.05) is 12.2 Å². The van der Waals surface area contributed by atoms with E-state index in [1.54, 1.807) is 0 Å². The Bertz CT molecular complexity index is 100. The van der Waals surface area contributed by atoms with Crippen LogP contribution in [0.1, 0.15) is 25.7 Å². The Balaban J connectivity index is 0.000000202. The smallest absolute Gasteiger partial charge is 0.100 e. The van der Waals surface area contributed by atoms with Gasteiger partial charge in [0.25, 0.3) is 0 Å². The van der Waals surface area contributed by atoms with Gasteiger partial charge >= 0.3 is 0 Å². The molecule has 0 aliphatic heterocycles. The SMILES string of the molecule is C1=CCCCC1.OCC(O)CO. The van der Waals surface area contributed by atoms with E-state index in [4.69, 9.17) is 15.3 Å². The van der Waals surface area contributed by atoms with Crippen LogP contribution >= 0.6 is 0 Å². The van der Waals surface area contributed by atoms with Crippen LogP contribution in [-0.4, -0.2) is 34.6 Å². The van der Waals surface area contributed by atoms with Gasteiger partial charge in [-0.3, -0.25) is 0 Å². The second-order valence-corrected chi connectivity index (χ2v) is 2.77. The van der Waals surface area contributed by atoms with Crippen molar-refractivity contribution in [3.8, 4) is 0 Å². The van der Waals surface area contributed by atoms with Crippen molar-refractivity contribution in [1.82, 2.24) is 0 Å². The molecule has 0 aromatic carbocycles. The molecule has 0 unspecified atom stereocenters. The van der Waals surface area contributed by atoms with Gasteiger partial charge in [0.1, 0.15) is 6.10 Å². The first-order valence-electron chi connectivity index (χ1n) is 4.36. The molecule has 3 N–H and O–H groups in total. The Kier molecular flexibility index (Phi) is 8.44. The van der Waals surface area contributed by atoms with Crippen LogP contribution in [0.5, 0.6) is 0 Å². The molecule has 0 radical (unpaired) electrons. The second kappa shape index (κ2) is 8.71. The van der Waals surface area contributed by atoms with Crippen LogP contribution in [0, 0.1) is 0 Å².